The fraction of sp³-hybridized carbons (Fsp3) is 0.0909. The Morgan fingerprint density at radius 3 is 2.59 bits per heavy atom. The Bertz CT molecular complexity index is 1130. The molecular formula is C22H16Cl2N2O2S. The molecule has 0 saturated heterocycles. The molecule has 0 radical (unpaired) electrons. The summed E-state index contributed by atoms with van der Waals surface area (Å²) < 4.78 is 6.60. The Morgan fingerprint density at radius 1 is 1.03 bits per heavy atom. The molecule has 0 fully saturated rings. The number of carbonyl (C=O) groups excluding carboxylic acids is 1. The van der Waals surface area contributed by atoms with Crippen LogP contribution in [0.15, 0.2) is 66.7 Å². The van der Waals surface area contributed by atoms with Crippen molar-refractivity contribution < 1.29 is 9.53 Å². The number of halogens is 2. The van der Waals surface area contributed by atoms with Gasteiger partial charge in [-0.05, 0) is 35.9 Å². The van der Waals surface area contributed by atoms with Crippen molar-refractivity contribution in [2.24, 2.45) is 0 Å². The fourth-order valence-electron chi connectivity index (χ4n) is 2.75. The number of hydrogen-bond acceptors (Lipinski definition) is 4. The SMILES string of the molecule is O=C(COc1ccc(Cl)cc1Cl)NCc1ccc(-c2nc3ccccc3s2)cc1. The smallest absolute Gasteiger partial charge is 0.258 e. The summed E-state index contributed by atoms with van der Waals surface area (Å²) in [7, 11) is 0. The average molecular weight is 443 g/mol. The Morgan fingerprint density at radius 2 is 1.83 bits per heavy atom. The molecule has 0 saturated carbocycles. The molecule has 7 heteroatoms. The van der Waals surface area contributed by atoms with Crippen LogP contribution in [0.5, 0.6) is 5.75 Å². The van der Waals surface area contributed by atoms with E-state index in [0.717, 1.165) is 21.7 Å². The van der Waals surface area contributed by atoms with E-state index in [1.165, 1.54) is 4.70 Å². The summed E-state index contributed by atoms with van der Waals surface area (Å²) in [5.41, 5.74) is 3.05. The third-order valence-electron chi connectivity index (χ3n) is 4.24. The van der Waals surface area contributed by atoms with E-state index in [9.17, 15) is 4.79 Å². The number of aromatic nitrogens is 1. The number of benzene rings is 3. The van der Waals surface area contributed by atoms with E-state index in [0.29, 0.717) is 22.3 Å². The van der Waals surface area contributed by atoms with Crippen LogP contribution in [-0.4, -0.2) is 17.5 Å². The minimum absolute atomic E-state index is 0.120. The third-order valence-corrected chi connectivity index (χ3v) is 5.85. The highest BCUT2D eigenvalue weighted by Crippen LogP contribution is 2.30. The highest BCUT2D eigenvalue weighted by atomic mass is 35.5. The van der Waals surface area contributed by atoms with Gasteiger partial charge in [0, 0.05) is 17.1 Å². The number of para-hydroxylation sites is 1. The highest BCUT2D eigenvalue weighted by Gasteiger charge is 2.08. The first-order valence-electron chi connectivity index (χ1n) is 8.88. The summed E-state index contributed by atoms with van der Waals surface area (Å²) in [5, 5.41) is 4.70. The molecule has 1 heterocycles. The Balaban J connectivity index is 1.32. The van der Waals surface area contributed by atoms with E-state index in [-0.39, 0.29) is 12.5 Å². The highest BCUT2D eigenvalue weighted by molar-refractivity contribution is 7.21. The van der Waals surface area contributed by atoms with Crippen molar-refractivity contribution in [3.05, 3.63) is 82.3 Å². The van der Waals surface area contributed by atoms with Crippen molar-refractivity contribution in [3.8, 4) is 16.3 Å². The lowest BCUT2D eigenvalue weighted by molar-refractivity contribution is -0.123. The third kappa shape index (κ3) is 4.88. The minimum atomic E-state index is -0.230. The molecule has 4 aromatic rings. The minimum Gasteiger partial charge on any atom is -0.482 e. The van der Waals surface area contributed by atoms with E-state index in [4.69, 9.17) is 27.9 Å². The van der Waals surface area contributed by atoms with Crippen LogP contribution in [0.4, 0.5) is 0 Å². The average Bonchev–Trinajstić information content (AvgIpc) is 3.16. The molecular weight excluding hydrogens is 427 g/mol. The van der Waals surface area contributed by atoms with Gasteiger partial charge in [-0.15, -0.1) is 11.3 Å². The van der Waals surface area contributed by atoms with Crippen LogP contribution >= 0.6 is 34.5 Å². The van der Waals surface area contributed by atoms with Crippen LogP contribution < -0.4 is 10.1 Å². The van der Waals surface area contributed by atoms with Crippen molar-refractivity contribution in [3.63, 3.8) is 0 Å². The Hall–Kier alpha value is -2.60. The zero-order valence-corrected chi connectivity index (χ0v) is 17.5. The summed E-state index contributed by atoms with van der Waals surface area (Å²) in [6, 6.07) is 21.0. The van der Waals surface area contributed by atoms with Crippen LogP contribution in [-0.2, 0) is 11.3 Å². The fourth-order valence-corrected chi connectivity index (χ4v) is 4.18. The second kappa shape index (κ2) is 8.82. The van der Waals surface area contributed by atoms with Gasteiger partial charge in [-0.2, -0.15) is 0 Å². The molecule has 4 nitrogen and oxygen atoms in total. The summed E-state index contributed by atoms with van der Waals surface area (Å²) in [6.45, 7) is 0.293. The molecule has 0 bridgehead atoms. The van der Waals surface area contributed by atoms with Crippen molar-refractivity contribution in [2.75, 3.05) is 6.61 Å². The summed E-state index contributed by atoms with van der Waals surface area (Å²) >= 11 is 13.5. The van der Waals surface area contributed by atoms with Crippen LogP contribution in [0.3, 0.4) is 0 Å². The molecule has 0 aliphatic carbocycles. The summed E-state index contributed by atoms with van der Waals surface area (Å²) in [5.74, 6) is 0.192. The van der Waals surface area contributed by atoms with Crippen molar-refractivity contribution in [2.45, 2.75) is 6.54 Å². The number of nitrogens with one attached hydrogen (secondary N) is 1. The molecule has 4 rings (SSSR count). The molecule has 0 atom stereocenters. The summed E-state index contributed by atoms with van der Waals surface area (Å²) in [6.07, 6.45) is 0. The maximum absolute atomic E-state index is 12.0. The summed E-state index contributed by atoms with van der Waals surface area (Å²) in [4.78, 5) is 16.7. The molecule has 146 valence electrons. The van der Waals surface area contributed by atoms with Crippen LogP contribution in [0, 0.1) is 0 Å². The number of nitrogens with zero attached hydrogens (tertiary/aromatic N) is 1. The molecule has 29 heavy (non-hydrogen) atoms. The second-order valence-corrected chi connectivity index (χ2v) is 8.20. The first kappa shape index (κ1) is 19.7. The van der Waals surface area contributed by atoms with Gasteiger partial charge in [-0.25, -0.2) is 4.98 Å². The van der Waals surface area contributed by atoms with Gasteiger partial charge in [0.15, 0.2) is 6.61 Å². The van der Waals surface area contributed by atoms with Gasteiger partial charge >= 0.3 is 0 Å². The van der Waals surface area contributed by atoms with Gasteiger partial charge in [0.2, 0.25) is 0 Å². The van der Waals surface area contributed by atoms with Gasteiger partial charge in [0.25, 0.3) is 5.91 Å². The molecule has 0 aliphatic rings. The molecule has 0 spiro atoms. The maximum atomic E-state index is 12.0. The van der Waals surface area contributed by atoms with Gasteiger partial charge in [-0.1, -0.05) is 59.6 Å². The topological polar surface area (TPSA) is 51.2 Å². The number of fused-ring (bicyclic) bond motifs is 1. The van der Waals surface area contributed by atoms with E-state index < -0.39 is 0 Å². The van der Waals surface area contributed by atoms with Gasteiger partial charge < -0.3 is 10.1 Å². The lowest BCUT2D eigenvalue weighted by atomic mass is 10.1. The van der Waals surface area contributed by atoms with Crippen molar-refractivity contribution in [1.29, 1.82) is 0 Å². The number of carbonyl (C=O) groups is 1. The van der Waals surface area contributed by atoms with Crippen LogP contribution in [0.2, 0.25) is 10.0 Å². The predicted octanol–water partition coefficient (Wildman–Crippen LogP) is 5.97. The number of thiazole rings is 1. The van der Waals surface area contributed by atoms with E-state index in [1.54, 1.807) is 29.5 Å². The molecule has 3 aromatic carbocycles. The predicted molar refractivity (Wildman–Crippen MR) is 119 cm³/mol. The number of amides is 1. The largest absolute Gasteiger partial charge is 0.482 e. The lowest BCUT2D eigenvalue weighted by Crippen LogP contribution is -2.28. The zero-order chi connectivity index (χ0) is 20.2. The first-order valence-corrected chi connectivity index (χ1v) is 10.5. The van der Waals surface area contributed by atoms with E-state index >= 15 is 0 Å². The zero-order valence-electron chi connectivity index (χ0n) is 15.2. The van der Waals surface area contributed by atoms with Crippen molar-refractivity contribution in [1.82, 2.24) is 10.3 Å². The number of ether oxygens (including phenoxy) is 1. The number of hydrogen-bond donors (Lipinski definition) is 1. The molecule has 1 N–H and O–H groups in total. The standard InChI is InChI=1S/C22H16Cl2N2O2S/c23-16-9-10-19(17(24)11-16)28-13-21(27)25-12-14-5-7-15(8-6-14)22-26-18-3-1-2-4-20(18)29-22/h1-11H,12-13H2,(H,25,27). The lowest BCUT2D eigenvalue weighted by Gasteiger charge is -2.09. The second-order valence-electron chi connectivity index (χ2n) is 6.32. The monoisotopic (exact) mass is 442 g/mol. The quantitative estimate of drug-likeness (QED) is 0.400. The maximum Gasteiger partial charge on any atom is 0.258 e. The first-order chi connectivity index (χ1) is 14.1. The van der Waals surface area contributed by atoms with Crippen LogP contribution in [0.25, 0.3) is 20.8 Å². The normalized spacial score (nSPS) is 10.8. The van der Waals surface area contributed by atoms with E-state index in [1.807, 2.05) is 42.5 Å². The molecule has 0 aliphatic heterocycles. The van der Waals surface area contributed by atoms with Gasteiger partial charge in [0.1, 0.15) is 10.8 Å². The van der Waals surface area contributed by atoms with E-state index in [2.05, 4.69) is 16.4 Å². The van der Waals surface area contributed by atoms with Crippen molar-refractivity contribution >= 4 is 50.7 Å². The number of rotatable bonds is 6. The van der Waals surface area contributed by atoms with Crippen LogP contribution in [0.1, 0.15) is 5.56 Å². The molecule has 1 amide bonds. The molecule has 0 unspecified atom stereocenters. The van der Waals surface area contributed by atoms with Gasteiger partial charge in [0.05, 0.1) is 15.2 Å². The molecule has 1 aromatic heterocycles. The van der Waals surface area contributed by atoms with Gasteiger partial charge in [-0.3, -0.25) is 4.79 Å². The Kier molecular flexibility index (Phi) is 6.00. The Labute approximate surface area is 182 Å².